The van der Waals surface area contributed by atoms with Crippen LogP contribution in [0.15, 0.2) is 40.7 Å². The van der Waals surface area contributed by atoms with Crippen LogP contribution in [0.4, 0.5) is 0 Å². The van der Waals surface area contributed by atoms with Crippen molar-refractivity contribution in [3.8, 4) is 11.5 Å². The quantitative estimate of drug-likeness (QED) is 0.839. The van der Waals surface area contributed by atoms with Crippen LogP contribution in [0.2, 0.25) is 0 Å². The zero-order valence-corrected chi connectivity index (χ0v) is 11.8. The second-order valence-corrected chi connectivity index (χ2v) is 5.26. The van der Waals surface area contributed by atoms with Crippen molar-refractivity contribution in [2.45, 2.75) is 6.54 Å². The van der Waals surface area contributed by atoms with E-state index >= 15 is 0 Å². The van der Waals surface area contributed by atoms with E-state index in [0.717, 1.165) is 4.90 Å². The first-order chi connectivity index (χ1) is 10.1. The number of fused-ring (bicyclic) bond motifs is 1. The Morgan fingerprint density at radius 1 is 1.29 bits per heavy atom. The molecule has 0 bridgehead atoms. The lowest BCUT2D eigenvalue weighted by atomic mass is 10.0. The Bertz CT molecular complexity index is 714. The van der Waals surface area contributed by atoms with Crippen molar-refractivity contribution in [3.05, 3.63) is 53.2 Å². The van der Waals surface area contributed by atoms with Gasteiger partial charge in [-0.25, -0.2) is 0 Å². The lowest BCUT2D eigenvalue weighted by Crippen LogP contribution is -3.04. The van der Waals surface area contributed by atoms with Crippen molar-refractivity contribution >= 4 is 11.9 Å². The van der Waals surface area contributed by atoms with Gasteiger partial charge in [0.2, 0.25) is 5.78 Å². The van der Waals surface area contributed by atoms with Crippen molar-refractivity contribution in [2.24, 2.45) is 0 Å². The molecule has 0 fully saturated rings. The maximum atomic E-state index is 12.3. The Morgan fingerprint density at radius 2 is 2.10 bits per heavy atom. The molecule has 1 aliphatic heterocycles. The number of rotatable bonds is 3. The molecular formula is C16H15NO4. The fraction of sp³-hybridized carbons (Fsp3) is 0.188. The van der Waals surface area contributed by atoms with E-state index in [1.165, 1.54) is 18.4 Å². The number of carbonyl (C=O) groups is 1. The van der Waals surface area contributed by atoms with Crippen LogP contribution < -0.4 is 14.7 Å². The Kier molecular flexibility index (Phi) is 3.27. The molecule has 1 N–H and O–H groups in total. The summed E-state index contributed by atoms with van der Waals surface area (Å²) in [5, 5.41) is 12.0. The number of ketones is 1. The van der Waals surface area contributed by atoms with Crippen molar-refractivity contribution < 1.29 is 24.0 Å². The molecular weight excluding hydrogens is 270 g/mol. The summed E-state index contributed by atoms with van der Waals surface area (Å²) in [4.78, 5) is 13.4. The first kappa shape index (κ1) is 13.5. The highest BCUT2D eigenvalue weighted by molar-refractivity contribution is 6.14. The average molecular weight is 285 g/mol. The van der Waals surface area contributed by atoms with Gasteiger partial charge in [0.15, 0.2) is 5.76 Å². The smallest absolute Gasteiger partial charge is 0.232 e. The third-order valence-corrected chi connectivity index (χ3v) is 3.24. The number of carbonyl (C=O) groups excluding carboxylic acids is 1. The number of allylic oxidation sites excluding steroid dienone is 1. The van der Waals surface area contributed by atoms with Gasteiger partial charge in [0.25, 0.3) is 0 Å². The predicted octanol–water partition coefficient (Wildman–Crippen LogP) is 0.614. The standard InChI is InChI=1S/C16H15NO4/c1-17(2)9-12-13(18)6-5-11-15(19)14(21-16(11)12)8-10-4-3-7-20-10/h3-8,18H,9H2,1-2H3/b14-8-. The van der Waals surface area contributed by atoms with Gasteiger partial charge in [0, 0.05) is 11.6 Å². The zero-order valence-electron chi connectivity index (χ0n) is 11.8. The van der Waals surface area contributed by atoms with E-state index in [1.807, 2.05) is 14.1 Å². The van der Waals surface area contributed by atoms with Crippen molar-refractivity contribution in [1.29, 1.82) is 0 Å². The van der Waals surface area contributed by atoms with E-state index in [1.54, 1.807) is 18.2 Å². The maximum Gasteiger partial charge on any atom is 0.232 e. The number of benzene rings is 1. The molecule has 3 rings (SSSR count). The molecule has 0 saturated carbocycles. The van der Waals surface area contributed by atoms with E-state index in [9.17, 15) is 9.90 Å². The number of hydrogen-bond acceptors (Lipinski definition) is 4. The highest BCUT2D eigenvalue weighted by atomic mass is 16.5. The second-order valence-electron chi connectivity index (χ2n) is 5.26. The molecule has 0 amide bonds. The van der Waals surface area contributed by atoms with Gasteiger partial charge in [0.1, 0.15) is 18.1 Å². The topological polar surface area (TPSA) is 66.9 Å². The highest BCUT2D eigenvalue weighted by Crippen LogP contribution is 2.38. The van der Waals surface area contributed by atoms with Crippen LogP contribution in [0.1, 0.15) is 21.7 Å². The minimum absolute atomic E-state index is 0.109. The van der Waals surface area contributed by atoms with Gasteiger partial charge < -0.3 is 19.2 Å². The van der Waals surface area contributed by atoms with Crippen molar-refractivity contribution in [2.75, 3.05) is 14.1 Å². The molecule has 5 nitrogen and oxygen atoms in total. The van der Waals surface area contributed by atoms with Gasteiger partial charge in [-0.3, -0.25) is 4.79 Å². The molecule has 0 radical (unpaired) electrons. The van der Waals surface area contributed by atoms with Gasteiger partial charge in [-0.05, 0) is 18.2 Å². The van der Waals surface area contributed by atoms with Crippen LogP contribution >= 0.6 is 0 Å². The fourth-order valence-electron chi connectivity index (χ4n) is 2.31. The van der Waals surface area contributed by atoms with Crippen LogP contribution in [0.25, 0.3) is 6.08 Å². The lowest BCUT2D eigenvalue weighted by molar-refractivity contribution is -0.872. The number of hydrogen-bond donors (Lipinski definition) is 1. The molecule has 0 saturated heterocycles. The third kappa shape index (κ3) is 2.43. The Hall–Kier alpha value is -2.53. The summed E-state index contributed by atoms with van der Waals surface area (Å²) < 4.78 is 10.8. The summed E-state index contributed by atoms with van der Waals surface area (Å²) in [6.07, 6.45) is 3.06. The van der Waals surface area contributed by atoms with Crippen LogP contribution in [0, 0.1) is 0 Å². The van der Waals surface area contributed by atoms with Gasteiger partial charge in [-0.1, -0.05) is 11.8 Å². The summed E-state index contributed by atoms with van der Waals surface area (Å²) in [6, 6.07) is 6.41. The van der Waals surface area contributed by atoms with Gasteiger partial charge in [-0.2, -0.15) is 0 Å². The molecule has 1 aromatic carbocycles. The highest BCUT2D eigenvalue weighted by Gasteiger charge is 2.30. The monoisotopic (exact) mass is 285 g/mol. The van der Waals surface area contributed by atoms with E-state index < -0.39 is 0 Å². The number of Topliss-reactive ketones (excluding diaryl/α,β-unsaturated/α-hetero) is 1. The first-order valence-corrected chi connectivity index (χ1v) is 6.66. The van der Waals surface area contributed by atoms with E-state index in [0.29, 0.717) is 29.2 Å². The third-order valence-electron chi connectivity index (χ3n) is 3.24. The molecule has 2 aromatic rings. The number of furan rings is 1. The van der Waals surface area contributed by atoms with E-state index in [-0.39, 0.29) is 17.3 Å². The SMILES string of the molecule is C[NH+](C)Cc1c([O-])ccc2c1O/C(=C\c1ccco1)C2=O. The molecule has 5 heteroatoms. The summed E-state index contributed by atoms with van der Waals surface area (Å²) in [5.74, 6) is 0.763. The summed E-state index contributed by atoms with van der Waals surface area (Å²) in [5.41, 5.74) is 0.965. The van der Waals surface area contributed by atoms with Crippen molar-refractivity contribution in [1.82, 2.24) is 0 Å². The molecule has 0 unspecified atom stereocenters. The van der Waals surface area contributed by atoms with E-state index in [4.69, 9.17) is 9.15 Å². The number of quaternary nitrogens is 1. The first-order valence-electron chi connectivity index (χ1n) is 6.66. The van der Waals surface area contributed by atoms with Gasteiger partial charge in [-0.15, -0.1) is 0 Å². The Labute approximate surface area is 122 Å². The fourth-order valence-corrected chi connectivity index (χ4v) is 2.31. The molecule has 0 atom stereocenters. The molecule has 1 aliphatic rings. The summed E-state index contributed by atoms with van der Waals surface area (Å²) in [6.45, 7) is 0.503. The lowest BCUT2D eigenvalue weighted by Gasteiger charge is -2.17. The van der Waals surface area contributed by atoms with Crippen LogP contribution in [-0.2, 0) is 6.54 Å². The zero-order chi connectivity index (χ0) is 15.0. The molecule has 2 heterocycles. The van der Waals surface area contributed by atoms with Crippen LogP contribution in [0.3, 0.4) is 0 Å². The number of nitrogens with one attached hydrogen (secondary N) is 1. The number of ether oxygens (including phenoxy) is 1. The van der Waals surface area contributed by atoms with Crippen molar-refractivity contribution in [3.63, 3.8) is 0 Å². The molecule has 21 heavy (non-hydrogen) atoms. The molecule has 108 valence electrons. The van der Waals surface area contributed by atoms with E-state index in [2.05, 4.69) is 0 Å². The van der Waals surface area contributed by atoms with Crippen LogP contribution in [0.5, 0.6) is 11.5 Å². The average Bonchev–Trinajstić information content (AvgIpc) is 3.03. The molecule has 0 aliphatic carbocycles. The molecule has 0 spiro atoms. The predicted molar refractivity (Wildman–Crippen MR) is 74.0 cm³/mol. The van der Waals surface area contributed by atoms with Gasteiger partial charge >= 0.3 is 0 Å². The Morgan fingerprint density at radius 3 is 2.76 bits per heavy atom. The summed E-state index contributed by atoms with van der Waals surface area (Å²) in [7, 11) is 3.88. The Balaban J connectivity index is 2.03. The maximum absolute atomic E-state index is 12.3. The van der Waals surface area contributed by atoms with Gasteiger partial charge in [0.05, 0.1) is 25.9 Å². The largest absolute Gasteiger partial charge is 0.872 e. The minimum Gasteiger partial charge on any atom is -0.872 e. The summed E-state index contributed by atoms with van der Waals surface area (Å²) >= 11 is 0. The molecule has 1 aromatic heterocycles. The second kappa shape index (κ2) is 5.10. The normalized spacial score (nSPS) is 15.6. The van der Waals surface area contributed by atoms with Crippen LogP contribution in [-0.4, -0.2) is 19.9 Å². The minimum atomic E-state index is -0.226.